The summed E-state index contributed by atoms with van der Waals surface area (Å²) in [6, 6.07) is 13.2. The van der Waals surface area contributed by atoms with Crippen molar-refractivity contribution >= 4 is 16.7 Å². The van der Waals surface area contributed by atoms with E-state index in [2.05, 4.69) is 0 Å². The van der Waals surface area contributed by atoms with Crippen molar-refractivity contribution in [3.63, 3.8) is 0 Å². The molecule has 0 aliphatic carbocycles. The van der Waals surface area contributed by atoms with Gasteiger partial charge in [0.1, 0.15) is 0 Å². The van der Waals surface area contributed by atoms with Crippen molar-refractivity contribution in [2.24, 2.45) is 0 Å². The number of ether oxygens (including phenoxy) is 1. The first-order valence-corrected chi connectivity index (χ1v) is 5.55. The number of aliphatic hydroxyl groups excluding tert-OH is 1. The molecule has 0 heterocycles. The maximum absolute atomic E-state index is 11.4. The van der Waals surface area contributed by atoms with E-state index in [1.54, 1.807) is 19.1 Å². The van der Waals surface area contributed by atoms with E-state index < -0.39 is 12.1 Å². The van der Waals surface area contributed by atoms with Crippen LogP contribution in [0.4, 0.5) is 0 Å². The summed E-state index contributed by atoms with van der Waals surface area (Å²) in [5, 5.41) is 11.9. The molecule has 1 N–H and O–H groups in total. The van der Waals surface area contributed by atoms with Gasteiger partial charge in [0.05, 0.1) is 6.61 Å². The van der Waals surface area contributed by atoms with Crippen molar-refractivity contribution in [3.05, 3.63) is 48.0 Å². The highest BCUT2D eigenvalue weighted by Gasteiger charge is 2.18. The van der Waals surface area contributed by atoms with Gasteiger partial charge in [-0.3, -0.25) is 0 Å². The van der Waals surface area contributed by atoms with Crippen LogP contribution in [0.5, 0.6) is 0 Å². The van der Waals surface area contributed by atoms with Crippen molar-refractivity contribution in [2.45, 2.75) is 13.0 Å². The van der Waals surface area contributed by atoms with Gasteiger partial charge in [-0.25, -0.2) is 4.79 Å². The molecule has 3 nitrogen and oxygen atoms in total. The molecule has 0 fully saturated rings. The van der Waals surface area contributed by atoms with E-state index in [-0.39, 0.29) is 6.61 Å². The molecular weight excluding hydrogens is 216 g/mol. The summed E-state index contributed by atoms with van der Waals surface area (Å²) in [5.41, 5.74) is 0.558. The number of esters is 1. The van der Waals surface area contributed by atoms with E-state index in [1.165, 1.54) is 0 Å². The monoisotopic (exact) mass is 230 g/mol. The van der Waals surface area contributed by atoms with Crippen molar-refractivity contribution < 1.29 is 14.6 Å². The van der Waals surface area contributed by atoms with Crippen LogP contribution >= 0.6 is 0 Å². The second kappa shape index (κ2) is 4.97. The quantitative estimate of drug-likeness (QED) is 0.824. The second-order valence-corrected chi connectivity index (χ2v) is 3.76. The summed E-state index contributed by atoms with van der Waals surface area (Å²) in [6.07, 6.45) is -1.21. The van der Waals surface area contributed by atoms with Gasteiger partial charge in [0.15, 0.2) is 6.10 Å². The molecule has 3 heteroatoms. The predicted octanol–water partition coefficient (Wildman–Crippen LogP) is 2.44. The molecule has 17 heavy (non-hydrogen) atoms. The van der Waals surface area contributed by atoms with Crippen molar-refractivity contribution in [2.75, 3.05) is 6.61 Å². The van der Waals surface area contributed by atoms with E-state index in [4.69, 9.17) is 4.74 Å². The maximum Gasteiger partial charge on any atom is 0.339 e. The zero-order valence-corrected chi connectivity index (χ0v) is 9.59. The predicted molar refractivity (Wildman–Crippen MR) is 65.5 cm³/mol. The van der Waals surface area contributed by atoms with Crippen molar-refractivity contribution in [1.29, 1.82) is 0 Å². The number of benzene rings is 2. The fourth-order valence-corrected chi connectivity index (χ4v) is 1.74. The minimum absolute atomic E-state index is 0.267. The number of hydrogen-bond donors (Lipinski definition) is 1. The first-order chi connectivity index (χ1) is 8.22. The summed E-state index contributed by atoms with van der Waals surface area (Å²) in [5.74, 6) is -0.609. The largest absolute Gasteiger partial charge is 0.464 e. The lowest BCUT2D eigenvalue weighted by atomic mass is 10.0. The zero-order chi connectivity index (χ0) is 12.3. The lowest BCUT2D eigenvalue weighted by Crippen LogP contribution is -2.15. The molecule has 2 aromatic carbocycles. The molecule has 0 saturated heterocycles. The van der Waals surface area contributed by atoms with E-state index >= 15 is 0 Å². The Morgan fingerprint density at radius 3 is 2.65 bits per heavy atom. The topological polar surface area (TPSA) is 46.5 Å². The number of aliphatic hydroxyl groups is 1. The Balaban J connectivity index is 2.32. The molecule has 1 unspecified atom stereocenters. The highest BCUT2D eigenvalue weighted by atomic mass is 16.5. The van der Waals surface area contributed by atoms with Crippen LogP contribution in [0.15, 0.2) is 42.5 Å². The van der Waals surface area contributed by atoms with E-state index in [0.29, 0.717) is 5.56 Å². The molecule has 2 rings (SSSR count). The van der Waals surface area contributed by atoms with Gasteiger partial charge in [0.2, 0.25) is 0 Å². The molecule has 0 radical (unpaired) electrons. The molecule has 88 valence electrons. The highest BCUT2D eigenvalue weighted by molar-refractivity contribution is 5.85. The molecular formula is C14H14O3. The third-order valence-corrected chi connectivity index (χ3v) is 2.60. The third-order valence-electron chi connectivity index (χ3n) is 2.60. The fraction of sp³-hybridized carbons (Fsp3) is 0.214. The summed E-state index contributed by atoms with van der Waals surface area (Å²) in [7, 11) is 0. The minimum atomic E-state index is -1.21. The fourth-order valence-electron chi connectivity index (χ4n) is 1.74. The van der Waals surface area contributed by atoms with Gasteiger partial charge in [0, 0.05) is 0 Å². The van der Waals surface area contributed by atoms with E-state index in [1.807, 2.05) is 30.3 Å². The van der Waals surface area contributed by atoms with Crippen LogP contribution in [-0.4, -0.2) is 17.7 Å². The Morgan fingerprint density at radius 2 is 1.94 bits per heavy atom. The molecule has 0 saturated carbocycles. The maximum atomic E-state index is 11.4. The van der Waals surface area contributed by atoms with Gasteiger partial charge in [-0.1, -0.05) is 36.4 Å². The third kappa shape index (κ3) is 2.45. The van der Waals surface area contributed by atoms with Gasteiger partial charge < -0.3 is 9.84 Å². The minimum Gasteiger partial charge on any atom is -0.464 e. The van der Waals surface area contributed by atoms with Gasteiger partial charge in [-0.05, 0) is 29.3 Å². The summed E-state index contributed by atoms with van der Waals surface area (Å²) in [6.45, 7) is 1.98. The van der Waals surface area contributed by atoms with Crippen LogP contribution < -0.4 is 0 Å². The number of carbonyl (C=O) groups is 1. The Kier molecular flexibility index (Phi) is 3.40. The molecule has 1 atom stereocenters. The average molecular weight is 230 g/mol. The van der Waals surface area contributed by atoms with E-state index in [9.17, 15) is 9.90 Å². The molecule has 0 aromatic heterocycles. The van der Waals surface area contributed by atoms with Gasteiger partial charge >= 0.3 is 5.97 Å². The second-order valence-electron chi connectivity index (χ2n) is 3.76. The molecule has 2 aromatic rings. The number of carbonyl (C=O) groups excluding carboxylic acids is 1. The number of hydrogen-bond acceptors (Lipinski definition) is 3. The number of rotatable bonds is 3. The van der Waals surface area contributed by atoms with Crippen LogP contribution in [0, 0.1) is 0 Å². The van der Waals surface area contributed by atoms with Crippen molar-refractivity contribution in [1.82, 2.24) is 0 Å². The normalized spacial score (nSPS) is 12.4. The number of fused-ring (bicyclic) bond motifs is 1. The Hall–Kier alpha value is -1.87. The van der Waals surface area contributed by atoms with Gasteiger partial charge in [-0.2, -0.15) is 0 Å². The standard InChI is InChI=1S/C14H14O3/c1-2-17-14(16)13(15)12-8-7-10-5-3-4-6-11(10)9-12/h3-9,13,15H,2H2,1H3. The first kappa shape index (κ1) is 11.6. The highest BCUT2D eigenvalue weighted by Crippen LogP contribution is 2.21. The zero-order valence-electron chi connectivity index (χ0n) is 9.59. The van der Waals surface area contributed by atoms with E-state index in [0.717, 1.165) is 10.8 Å². The lowest BCUT2D eigenvalue weighted by Gasteiger charge is -2.10. The molecule has 0 bridgehead atoms. The lowest BCUT2D eigenvalue weighted by molar-refractivity contribution is -0.153. The Labute approximate surface area is 99.6 Å². The van der Waals surface area contributed by atoms with Crippen LogP contribution in [0.1, 0.15) is 18.6 Å². The summed E-state index contributed by atoms with van der Waals surface area (Å²) < 4.78 is 4.78. The summed E-state index contributed by atoms with van der Waals surface area (Å²) in [4.78, 5) is 11.4. The summed E-state index contributed by atoms with van der Waals surface area (Å²) >= 11 is 0. The Morgan fingerprint density at radius 1 is 1.24 bits per heavy atom. The van der Waals surface area contributed by atoms with Crippen LogP contribution in [-0.2, 0) is 9.53 Å². The van der Waals surface area contributed by atoms with Crippen LogP contribution in [0.2, 0.25) is 0 Å². The Bertz CT molecular complexity index is 534. The molecule has 0 aliphatic heterocycles. The molecule has 0 aliphatic rings. The van der Waals surface area contributed by atoms with Crippen LogP contribution in [0.3, 0.4) is 0 Å². The SMILES string of the molecule is CCOC(=O)C(O)c1ccc2ccccc2c1. The van der Waals surface area contributed by atoms with Gasteiger partial charge in [0.25, 0.3) is 0 Å². The van der Waals surface area contributed by atoms with Crippen molar-refractivity contribution in [3.8, 4) is 0 Å². The first-order valence-electron chi connectivity index (χ1n) is 5.55. The molecule has 0 amide bonds. The smallest absolute Gasteiger partial charge is 0.339 e. The van der Waals surface area contributed by atoms with Gasteiger partial charge in [-0.15, -0.1) is 0 Å². The molecule has 0 spiro atoms. The average Bonchev–Trinajstić information content (AvgIpc) is 2.37. The van der Waals surface area contributed by atoms with Crippen LogP contribution in [0.25, 0.3) is 10.8 Å².